The second kappa shape index (κ2) is 7.97. The molecule has 0 radical (unpaired) electrons. The van der Waals surface area contributed by atoms with Gasteiger partial charge in [-0.25, -0.2) is 4.39 Å². The summed E-state index contributed by atoms with van der Waals surface area (Å²) in [5.41, 5.74) is 4.43. The highest BCUT2D eigenvalue weighted by Gasteiger charge is 2.30. The maximum absolute atomic E-state index is 13.9. The summed E-state index contributed by atoms with van der Waals surface area (Å²) in [7, 11) is 0. The molecule has 2 aromatic heterocycles. The van der Waals surface area contributed by atoms with Crippen molar-refractivity contribution in [2.45, 2.75) is 45.4 Å². The number of fused-ring (bicyclic) bond motifs is 4. The minimum atomic E-state index is -1.14. The van der Waals surface area contributed by atoms with Crippen LogP contribution in [0.2, 0.25) is 0 Å². The second-order valence-corrected chi connectivity index (χ2v) is 8.70. The van der Waals surface area contributed by atoms with Crippen LogP contribution in [0.25, 0.3) is 21.8 Å². The zero-order chi connectivity index (χ0) is 21.3. The Morgan fingerprint density at radius 3 is 2.73 bits per heavy atom. The molecule has 5 heteroatoms. The molecule has 2 N–H and O–H groups in total. The molecule has 0 bridgehead atoms. The van der Waals surface area contributed by atoms with Crippen LogP contribution in [0.15, 0.2) is 54.7 Å². The van der Waals surface area contributed by atoms with Crippen molar-refractivity contribution in [3.8, 4) is 6.07 Å². The van der Waals surface area contributed by atoms with Crippen molar-refractivity contribution in [1.29, 1.82) is 5.26 Å². The van der Waals surface area contributed by atoms with E-state index in [2.05, 4.69) is 52.1 Å². The molecule has 4 aromatic rings. The number of rotatable bonds is 2. The molecular weight excluding hydrogens is 375 g/mol. The Hall–Kier alpha value is -3.10. The number of para-hydroxylation sites is 1. The van der Waals surface area contributed by atoms with Crippen molar-refractivity contribution in [1.82, 2.24) is 14.9 Å². The van der Waals surface area contributed by atoms with E-state index in [1.54, 1.807) is 13.8 Å². The molecule has 0 amide bonds. The van der Waals surface area contributed by atoms with Crippen molar-refractivity contribution >= 4 is 21.8 Å². The Kier molecular flexibility index (Phi) is 5.36. The van der Waals surface area contributed by atoms with Crippen LogP contribution in [0.4, 0.5) is 4.39 Å². The molecule has 2 aromatic carbocycles. The van der Waals surface area contributed by atoms with Crippen molar-refractivity contribution in [3.63, 3.8) is 0 Å². The van der Waals surface area contributed by atoms with E-state index in [-0.39, 0.29) is 0 Å². The van der Waals surface area contributed by atoms with Gasteiger partial charge in [0.1, 0.15) is 5.67 Å². The highest BCUT2D eigenvalue weighted by atomic mass is 19.1. The first-order chi connectivity index (χ1) is 14.3. The van der Waals surface area contributed by atoms with E-state index in [0.29, 0.717) is 18.2 Å². The Morgan fingerprint density at radius 1 is 1.17 bits per heavy atom. The van der Waals surface area contributed by atoms with Gasteiger partial charge in [0.25, 0.3) is 0 Å². The minimum Gasteiger partial charge on any atom is -0.361 e. The number of nitrogens with one attached hydrogen (secondary N) is 2. The SMILES string of the molecule is CC1Cc2c([nH]c3ccccc23)CN1CC(C)(C)F.N#Cc1ccc2cc[nH]c2c1. The van der Waals surface area contributed by atoms with Crippen molar-refractivity contribution in [3.05, 3.63) is 71.5 Å². The molecule has 5 rings (SSSR count). The molecule has 4 nitrogen and oxygen atoms in total. The van der Waals surface area contributed by atoms with Gasteiger partial charge in [-0.15, -0.1) is 0 Å². The van der Waals surface area contributed by atoms with Gasteiger partial charge in [0.2, 0.25) is 0 Å². The third-order valence-electron chi connectivity index (χ3n) is 5.65. The predicted octanol–water partition coefficient (Wildman–Crippen LogP) is 5.70. The molecule has 0 aliphatic carbocycles. The summed E-state index contributed by atoms with van der Waals surface area (Å²) < 4.78 is 13.9. The maximum atomic E-state index is 13.9. The molecule has 1 atom stereocenters. The molecule has 0 saturated carbocycles. The Labute approximate surface area is 176 Å². The first-order valence-electron chi connectivity index (χ1n) is 10.3. The molecule has 1 unspecified atom stereocenters. The average Bonchev–Trinajstić information content (AvgIpc) is 3.31. The van der Waals surface area contributed by atoms with Gasteiger partial charge >= 0.3 is 0 Å². The number of nitriles is 1. The maximum Gasteiger partial charge on any atom is 0.118 e. The molecule has 0 fully saturated rings. The average molecular weight is 403 g/mol. The van der Waals surface area contributed by atoms with Crippen LogP contribution >= 0.6 is 0 Å². The molecular formula is C25H27FN4. The fourth-order valence-corrected chi connectivity index (χ4v) is 4.22. The molecule has 154 valence electrons. The summed E-state index contributed by atoms with van der Waals surface area (Å²) in [6.07, 6.45) is 2.86. The lowest BCUT2D eigenvalue weighted by molar-refractivity contribution is 0.0853. The van der Waals surface area contributed by atoms with E-state index in [9.17, 15) is 4.39 Å². The van der Waals surface area contributed by atoms with Crippen LogP contribution in [0.5, 0.6) is 0 Å². The lowest BCUT2D eigenvalue weighted by Crippen LogP contribution is -2.44. The minimum absolute atomic E-state index is 0.390. The van der Waals surface area contributed by atoms with Gasteiger partial charge in [-0.1, -0.05) is 24.3 Å². The zero-order valence-electron chi connectivity index (χ0n) is 17.7. The van der Waals surface area contributed by atoms with Gasteiger partial charge < -0.3 is 9.97 Å². The number of benzene rings is 2. The Morgan fingerprint density at radius 2 is 1.97 bits per heavy atom. The van der Waals surface area contributed by atoms with E-state index in [4.69, 9.17) is 5.26 Å². The molecule has 0 spiro atoms. The zero-order valence-corrected chi connectivity index (χ0v) is 17.7. The van der Waals surface area contributed by atoms with Crippen LogP contribution in [0.1, 0.15) is 37.6 Å². The lowest BCUT2D eigenvalue weighted by Gasteiger charge is -2.36. The Balaban J connectivity index is 0.000000168. The van der Waals surface area contributed by atoms with Crippen LogP contribution in [0.3, 0.4) is 0 Å². The first-order valence-corrected chi connectivity index (χ1v) is 10.3. The number of H-pyrrole nitrogens is 2. The molecule has 1 aliphatic rings. The van der Waals surface area contributed by atoms with E-state index in [1.165, 1.54) is 22.2 Å². The summed E-state index contributed by atoms with van der Waals surface area (Å²) in [6, 6.07) is 18.5. The Bertz CT molecular complexity index is 1210. The summed E-state index contributed by atoms with van der Waals surface area (Å²) in [5.74, 6) is 0. The number of halogens is 1. The fourth-order valence-electron chi connectivity index (χ4n) is 4.22. The lowest BCUT2D eigenvalue weighted by atomic mass is 9.96. The van der Waals surface area contributed by atoms with Gasteiger partial charge in [-0.3, -0.25) is 4.90 Å². The summed E-state index contributed by atoms with van der Waals surface area (Å²) in [4.78, 5) is 8.77. The highest BCUT2D eigenvalue weighted by molar-refractivity contribution is 5.85. The largest absolute Gasteiger partial charge is 0.361 e. The molecule has 1 aliphatic heterocycles. The van der Waals surface area contributed by atoms with E-state index >= 15 is 0 Å². The van der Waals surface area contributed by atoms with Crippen molar-refractivity contribution in [2.75, 3.05) is 6.54 Å². The number of hydrogen-bond donors (Lipinski definition) is 2. The van der Waals surface area contributed by atoms with E-state index in [1.807, 2.05) is 30.5 Å². The first kappa shape index (κ1) is 20.2. The molecule has 3 heterocycles. The van der Waals surface area contributed by atoms with E-state index in [0.717, 1.165) is 23.9 Å². The smallest absolute Gasteiger partial charge is 0.118 e. The monoisotopic (exact) mass is 402 g/mol. The third-order valence-corrected chi connectivity index (χ3v) is 5.65. The fraction of sp³-hybridized carbons (Fsp3) is 0.320. The predicted molar refractivity (Wildman–Crippen MR) is 120 cm³/mol. The third kappa shape index (κ3) is 4.24. The number of nitrogens with zero attached hydrogens (tertiary/aromatic N) is 2. The van der Waals surface area contributed by atoms with Gasteiger partial charge in [-0.2, -0.15) is 5.26 Å². The standard InChI is InChI=1S/C16H21FN2.C9H6N2/c1-11-8-13-12-6-4-5-7-14(12)18-15(13)9-19(11)10-16(2,3)17;10-6-7-1-2-8-3-4-11-9(8)5-7/h4-7,11,18H,8-10H2,1-3H3;1-5,11H. The van der Waals surface area contributed by atoms with Crippen LogP contribution in [0, 0.1) is 11.3 Å². The van der Waals surface area contributed by atoms with E-state index < -0.39 is 5.67 Å². The quantitative estimate of drug-likeness (QED) is 0.452. The number of aromatic nitrogens is 2. The molecule has 30 heavy (non-hydrogen) atoms. The summed E-state index contributed by atoms with van der Waals surface area (Å²) in [6.45, 7) is 6.80. The molecule has 0 saturated heterocycles. The number of hydrogen-bond acceptors (Lipinski definition) is 2. The normalized spacial score (nSPS) is 16.7. The second-order valence-electron chi connectivity index (χ2n) is 8.70. The van der Waals surface area contributed by atoms with Crippen LogP contribution in [-0.4, -0.2) is 33.1 Å². The van der Waals surface area contributed by atoms with Crippen molar-refractivity contribution in [2.24, 2.45) is 0 Å². The van der Waals surface area contributed by atoms with Gasteiger partial charge in [0.05, 0.1) is 11.6 Å². The van der Waals surface area contributed by atoms with Crippen LogP contribution < -0.4 is 0 Å². The van der Waals surface area contributed by atoms with Gasteiger partial charge in [0.15, 0.2) is 0 Å². The van der Waals surface area contributed by atoms with Crippen molar-refractivity contribution < 1.29 is 4.39 Å². The van der Waals surface area contributed by atoms with Gasteiger partial charge in [0, 0.05) is 47.4 Å². The van der Waals surface area contributed by atoms with Gasteiger partial charge in [-0.05, 0) is 62.4 Å². The summed E-state index contributed by atoms with van der Waals surface area (Å²) in [5, 5.41) is 11.0. The number of aromatic amines is 2. The highest BCUT2D eigenvalue weighted by Crippen LogP contribution is 2.31. The van der Waals surface area contributed by atoms with Crippen LogP contribution in [-0.2, 0) is 13.0 Å². The number of alkyl halides is 1. The summed E-state index contributed by atoms with van der Waals surface area (Å²) >= 11 is 0. The topological polar surface area (TPSA) is 58.6 Å².